The standard InChI is InChI=1S/C30H38N4/c1-29-12-9-24(34-16-15-32-33-34)18-23(29)5-6-25-27-8-7-26(30(27,2)13-10-28(25)29)21-4-3-20-11-14-31-19-22(20)17-21/h3-4,11,14-17,19,23-28H,5-10,12-13,18H2,1-2H3/t23?,24-,25-,26+,27-,28?,29-,30+/m0/s1. The Morgan fingerprint density at radius 2 is 1.74 bits per heavy atom. The minimum atomic E-state index is 0.457. The van der Waals surface area contributed by atoms with Gasteiger partial charge in [0.1, 0.15) is 0 Å². The van der Waals surface area contributed by atoms with Crippen molar-refractivity contribution in [1.82, 2.24) is 20.0 Å². The second-order valence-corrected chi connectivity index (χ2v) is 12.6. The highest BCUT2D eigenvalue weighted by molar-refractivity contribution is 5.82. The summed E-state index contributed by atoms with van der Waals surface area (Å²) in [5.41, 5.74) is 2.55. The molecule has 4 fully saturated rings. The summed E-state index contributed by atoms with van der Waals surface area (Å²) >= 11 is 0. The van der Waals surface area contributed by atoms with Crippen LogP contribution >= 0.6 is 0 Å². The molecule has 2 unspecified atom stereocenters. The first-order valence-corrected chi connectivity index (χ1v) is 13.8. The molecule has 0 aliphatic heterocycles. The topological polar surface area (TPSA) is 43.6 Å². The van der Waals surface area contributed by atoms with Gasteiger partial charge in [-0.25, -0.2) is 4.68 Å². The van der Waals surface area contributed by atoms with E-state index >= 15 is 0 Å². The Balaban J connectivity index is 1.15. The summed E-state index contributed by atoms with van der Waals surface area (Å²) in [6, 6.07) is 9.91. The average Bonchev–Trinajstić information content (AvgIpc) is 3.51. The average molecular weight is 455 g/mol. The van der Waals surface area contributed by atoms with Crippen molar-refractivity contribution in [1.29, 1.82) is 0 Å². The SMILES string of the molecule is C[C@]12CC[C@H](n3ccnn3)CC1CC[C@@H]1C2CC[C@]2(C)[C@@H](c3ccc4ccncc4c3)CC[C@@H]12. The van der Waals surface area contributed by atoms with Crippen LogP contribution in [0.1, 0.15) is 89.2 Å². The van der Waals surface area contributed by atoms with Gasteiger partial charge in [0.25, 0.3) is 0 Å². The van der Waals surface area contributed by atoms with Gasteiger partial charge in [0.15, 0.2) is 0 Å². The van der Waals surface area contributed by atoms with Crippen molar-refractivity contribution in [3.8, 4) is 0 Å². The van der Waals surface area contributed by atoms with Crippen molar-refractivity contribution in [3.05, 3.63) is 54.6 Å². The van der Waals surface area contributed by atoms with Gasteiger partial charge in [-0.2, -0.15) is 0 Å². The number of pyridine rings is 1. The first-order chi connectivity index (χ1) is 16.6. The van der Waals surface area contributed by atoms with Gasteiger partial charge in [-0.1, -0.05) is 31.2 Å². The van der Waals surface area contributed by atoms with Gasteiger partial charge < -0.3 is 0 Å². The molecule has 8 atom stereocenters. The molecule has 4 saturated carbocycles. The summed E-state index contributed by atoms with van der Waals surface area (Å²) in [5.74, 6) is 4.30. The Hall–Kier alpha value is -2.23. The largest absolute Gasteiger partial charge is 0.264 e. The number of hydrogen-bond donors (Lipinski definition) is 0. The molecule has 0 radical (unpaired) electrons. The number of nitrogens with zero attached hydrogens (tertiary/aromatic N) is 4. The number of hydrogen-bond acceptors (Lipinski definition) is 3. The molecule has 0 saturated heterocycles. The van der Waals surface area contributed by atoms with E-state index in [0.29, 0.717) is 22.8 Å². The second kappa shape index (κ2) is 7.63. The van der Waals surface area contributed by atoms with Crippen molar-refractivity contribution in [2.45, 2.75) is 83.6 Å². The Morgan fingerprint density at radius 1 is 0.853 bits per heavy atom. The molecule has 2 heterocycles. The van der Waals surface area contributed by atoms with Crippen LogP contribution in [0.2, 0.25) is 0 Å². The van der Waals surface area contributed by atoms with Crippen LogP contribution in [0.5, 0.6) is 0 Å². The smallest absolute Gasteiger partial charge is 0.0693 e. The van der Waals surface area contributed by atoms with Gasteiger partial charge in [-0.15, -0.1) is 5.10 Å². The third-order valence-electron chi connectivity index (χ3n) is 11.5. The third-order valence-corrected chi connectivity index (χ3v) is 11.5. The Bertz CT molecular complexity index is 1190. The monoisotopic (exact) mass is 454 g/mol. The normalized spacial score (nSPS) is 41.6. The maximum atomic E-state index is 4.39. The minimum absolute atomic E-state index is 0.457. The van der Waals surface area contributed by atoms with Crippen LogP contribution in [-0.4, -0.2) is 20.0 Å². The van der Waals surface area contributed by atoms with Crippen LogP contribution in [0.25, 0.3) is 10.8 Å². The zero-order valence-corrected chi connectivity index (χ0v) is 20.7. The van der Waals surface area contributed by atoms with Gasteiger partial charge in [-0.3, -0.25) is 4.98 Å². The maximum absolute atomic E-state index is 4.39. The highest BCUT2D eigenvalue weighted by Crippen LogP contribution is 2.69. The Labute approximate surface area is 203 Å². The van der Waals surface area contributed by atoms with Gasteiger partial charge in [-0.05, 0) is 121 Å². The van der Waals surface area contributed by atoms with Crippen LogP contribution in [0.15, 0.2) is 49.1 Å². The predicted octanol–water partition coefficient (Wildman–Crippen LogP) is 7.19. The van der Waals surface area contributed by atoms with E-state index in [4.69, 9.17) is 0 Å². The number of aromatic nitrogens is 4. The molecule has 7 rings (SSSR count). The fourth-order valence-electron chi connectivity index (χ4n) is 9.76. The van der Waals surface area contributed by atoms with E-state index in [1.54, 1.807) is 5.56 Å². The number of benzene rings is 1. The molecule has 2 aromatic heterocycles. The summed E-state index contributed by atoms with van der Waals surface area (Å²) in [5, 5.41) is 11.1. The zero-order chi connectivity index (χ0) is 22.9. The van der Waals surface area contributed by atoms with Crippen molar-refractivity contribution >= 4 is 10.8 Å². The molecular weight excluding hydrogens is 416 g/mol. The molecule has 0 N–H and O–H groups in total. The summed E-state index contributed by atoms with van der Waals surface area (Å²) in [4.78, 5) is 4.39. The fourth-order valence-corrected chi connectivity index (χ4v) is 9.76. The van der Waals surface area contributed by atoms with Crippen molar-refractivity contribution in [2.75, 3.05) is 0 Å². The summed E-state index contributed by atoms with van der Waals surface area (Å²) < 4.78 is 2.14. The molecule has 0 amide bonds. The van der Waals surface area contributed by atoms with E-state index in [-0.39, 0.29) is 0 Å². The first kappa shape index (κ1) is 21.1. The molecule has 34 heavy (non-hydrogen) atoms. The van der Waals surface area contributed by atoms with Crippen LogP contribution in [0.4, 0.5) is 0 Å². The van der Waals surface area contributed by atoms with E-state index in [1.165, 1.54) is 68.6 Å². The van der Waals surface area contributed by atoms with E-state index in [2.05, 4.69) is 64.3 Å². The van der Waals surface area contributed by atoms with Crippen LogP contribution in [0, 0.1) is 34.5 Å². The highest BCUT2D eigenvalue weighted by atomic mass is 15.4. The van der Waals surface area contributed by atoms with Gasteiger partial charge in [0.2, 0.25) is 0 Å². The minimum Gasteiger partial charge on any atom is -0.264 e. The first-order valence-electron chi connectivity index (χ1n) is 13.8. The van der Waals surface area contributed by atoms with E-state index in [1.807, 2.05) is 18.6 Å². The van der Waals surface area contributed by atoms with Crippen LogP contribution in [-0.2, 0) is 0 Å². The molecule has 1 aromatic carbocycles. The molecule has 4 nitrogen and oxygen atoms in total. The molecule has 178 valence electrons. The molecule has 4 aliphatic rings. The molecule has 0 spiro atoms. The molecule has 4 heteroatoms. The Morgan fingerprint density at radius 3 is 2.62 bits per heavy atom. The molecule has 0 bridgehead atoms. The summed E-state index contributed by atoms with van der Waals surface area (Å²) in [7, 11) is 0. The van der Waals surface area contributed by atoms with Gasteiger partial charge in [0.05, 0.1) is 12.2 Å². The quantitative estimate of drug-likeness (QED) is 0.411. The van der Waals surface area contributed by atoms with Gasteiger partial charge >= 0.3 is 0 Å². The van der Waals surface area contributed by atoms with Gasteiger partial charge in [0, 0.05) is 24.0 Å². The van der Waals surface area contributed by atoms with E-state index < -0.39 is 0 Å². The van der Waals surface area contributed by atoms with Crippen LogP contribution < -0.4 is 0 Å². The highest BCUT2D eigenvalue weighted by Gasteiger charge is 2.60. The lowest BCUT2D eigenvalue weighted by atomic mass is 9.44. The lowest BCUT2D eigenvalue weighted by Crippen LogP contribution is -2.53. The van der Waals surface area contributed by atoms with E-state index in [9.17, 15) is 0 Å². The van der Waals surface area contributed by atoms with Crippen molar-refractivity contribution in [2.24, 2.45) is 34.5 Å². The fraction of sp³-hybridized carbons (Fsp3) is 0.633. The second-order valence-electron chi connectivity index (χ2n) is 12.6. The Kier molecular flexibility index (Phi) is 4.73. The lowest BCUT2D eigenvalue weighted by molar-refractivity contribution is -0.113. The summed E-state index contributed by atoms with van der Waals surface area (Å²) in [6.45, 7) is 5.34. The lowest BCUT2D eigenvalue weighted by Gasteiger charge is -2.61. The molecule has 4 aliphatic carbocycles. The zero-order valence-electron chi connectivity index (χ0n) is 20.7. The van der Waals surface area contributed by atoms with Crippen molar-refractivity contribution < 1.29 is 0 Å². The van der Waals surface area contributed by atoms with E-state index in [0.717, 1.165) is 23.7 Å². The number of rotatable bonds is 2. The number of fused-ring (bicyclic) bond motifs is 6. The predicted molar refractivity (Wildman–Crippen MR) is 135 cm³/mol. The van der Waals surface area contributed by atoms with Crippen LogP contribution in [0.3, 0.4) is 0 Å². The molecule has 3 aromatic rings. The van der Waals surface area contributed by atoms with Crippen molar-refractivity contribution in [3.63, 3.8) is 0 Å². The molecular formula is C30H38N4. The summed E-state index contributed by atoms with van der Waals surface area (Å²) in [6.07, 6.45) is 20.3. The third kappa shape index (κ3) is 2.99. The maximum Gasteiger partial charge on any atom is 0.0693 e.